The Morgan fingerprint density at radius 1 is 1.29 bits per heavy atom. The number of pyridine rings is 1. The highest BCUT2D eigenvalue weighted by atomic mass is 32.2. The van der Waals surface area contributed by atoms with Crippen molar-refractivity contribution in [3.05, 3.63) is 34.5 Å². The first-order chi connectivity index (χ1) is 10.1. The molecule has 0 fully saturated rings. The van der Waals surface area contributed by atoms with Crippen LogP contribution in [0.2, 0.25) is 0 Å². The number of sulfonamides is 1. The SMILES string of the molecule is CCNc1ccncc1S(=O)(=O)NCc1ncc(CC)s1. The lowest BCUT2D eigenvalue weighted by Crippen LogP contribution is -2.24. The van der Waals surface area contributed by atoms with Crippen molar-refractivity contribution in [3.63, 3.8) is 0 Å². The molecule has 0 unspecified atom stereocenters. The van der Waals surface area contributed by atoms with Crippen LogP contribution in [0.3, 0.4) is 0 Å². The van der Waals surface area contributed by atoms with Gasteiger partial charge in [-0.25, -0.2) is 18.1 Å². The summed E-state index contributed by atoms with van der Waals surface area (Å²) in [5.41, 5.74) is 0.549. The standard InChI is InChI=1S/C13H18N4O2S2/c1-3-10-7-16-13(20-10)9-17-21(18,19)12-8-14-6-5-11(12)15-4-2/h5-8,17H,3-4,9H2,1-2H3,(H,14,15). The molecule has 6 nitrogen and oxygen atoms in total. The van der Waals surface area contributed by atoms with Crippen LogP contribution < -0.4 is 10.0 Å². The summed E-state index contributed by atoms with van der Waals surface area (Å²) in [6.07, 6.45) is 5.59. The monoisotopic (exact) mass is 326 g/mol. The van der Waals surface area contributed by atoms with Crippen molar-refractivity contribution in [2.45, 2.75) is 31.7 Å². The average molecular weight is 326 g/mol. The number of aromatic nitrogens is 2. The minimum atomic E-state index is -3.62. The molecule has 21 heavy (non-hydrogen) atoms. The maximum atomic E-state index is 12.4. The van der Waals surface area contributed by atoms with Crippen LogP contribution in [0, 0.1) is 0 Å². The molecule has 2 aromatic rings. The van der Waals surface area contributed by atoms with Crippen molar-refractivity contribution in [1.29, 1.82) is 0 Å². The third-order valence-electron chi connectivity index (χ3n) is 2.80. The van der Waals surface area contributed by atoms with Crippen molar-refractivity contribution < 1.29 is 8.42 Å². The summed E-state index contributed by atoms with van der Waals surface area (Å²) in [6, 6.07) is 1.65. The molecule has 2 N–H and O–H groups in total. The molecular weight excluding hydrogens is 308 g/mol. The van der Waals surface area contributed by atoms with Gasteiger partial charge in [-0.1, -0.05) is 6.92 Å². The van der Waals surface area contributed by atoms with Gasteiger partial charge in [0, 0.05) is 30.0 Å². The van der Waals surface area contributed by atoms with E-state index in [0.29, 0.717) is 12.2 Å². The van der Waals surface area contributed by atoms with Crippen molar-refractivity contribution in [3.8, 4) is 0 Å². The van der Waals surface area contributed by atoms with Crippen LogP contribution >= 0.6 is 11.3 Å². The van der Waals surface area contributed by atoms with Gasteiger partial charge in [0.05, 0.1) is 12.2 Å². The number of thiazole rings is 1. The van der Waals surface area contributed by atoms with E-state index >= 15 is 0 Å². The molecule has 0 aliphatic carbocycles. The van der Waals surface area contributed by atoms with Gasteiger partial charge in [0.2, 0.25) is 10.0 Å². The van der Waals surface area contributed by atoms with Gasteiger partial charge in [0.25, 0.3) is 0 Å². The van der Waals surface area contributed by atoms with E-state index in [1.165, 1.54) is 17.5 Å². The molecule has 0 radical (unpaired) electrons. The van der Waals surface area contributed by atoms with E-state index < -0.39 is 10.0 Å². The summed E-state index contributed by atoms with van der Waals surface area (Å²) in [5.74, 6) is 0. The molecule has 0 aliphatic heterocycles. The van der Waals surface area contributed by atoms with Crippen molar-refractivity contribution in [2.75, 3.05) is 11.9 Å². The van der Waals surface area contributed by atoms with E-state index in [2.05, 4.69) is 20.0 Å². The van der Waals surface area contributed by atoms with Crippen LogP contribution in [0.25, 0.3) is 0 Å². The third kappa shape index (κ3) is 3.99. The summed E-state index contributed by atoms with van der Waals surface area (Å²) in [6.45, 7) is 4.78. The summed E-state index contributed by atoms with van der Waals surface area (Å²) in [4.78, 5) is 9.39. The van der Waals surface area contributed by atoms with E-state index in [9.17, 15) is 8.42 Å². The summed E-state index contributed by atoms with van der Waals surface area (Å²) < 4.78 is 27.3. The van der Waals surface area contributed by atoms with E-state index in [1.54, 1.807) is 18.5 Å². The minimum absolute atomic E-state index is 0.152. The smallest absolute Gasteiger partial charge is 0.244 e. The lowest BCUT2D eigenvalue weighted by atomic mass is 10.4. The van der Waals surface area contributed by atoms with Crippen LogP contribution in [0.15, 0.2) is 29.6 Å². The Morgan fingerprint density at radius 3 is 2.76 bits per heavy atom. The second-order valence-electron chi connectivity index (χ2n) is 4.30. The van der Waals surface area contributed by atoms with Crippen molar-refractivity contribution >= 4 is 27.0 Å². The maximum absolute atomic E-state index is 12.4. The molecule has 0 saturated carbocycles. The second-order valence-corrected chi connectivity index (χ2v) is 7.24. The molecule has 114 valence electrons. The Morgan fingerprint density at radius 2 is 2.10 bits per heavy atom. The highest BCUT2D eigenvalue weighted by Gasteiger charge is 2.18. The Balaban J connectivity index is 2.14. The summed E-state index contributed by atoms with van der Waals surface area (Å²) >= 11 is 1.51. The number of hydrogen-bond acceptors (Lipinski definition) is 6. The molecule has 0 atom stereocenters. The molecular formula is C13H18N4O2S2. The number of hydrogen-bond donors (Lipinski definition) is 2. The lowest BCUT2D eigenvalue weighted by molar-refractivity contribution is 0.581. The molecule has 0 aromatic carbocycles. The van der Waals surface area contributed by atoms with Gasteiger partial charge in [0.15, 0.2) is 0 Å². The number of nitrogens with zero attached hydrogens (tertiary/aromatic N) is 2. The Labute approximate surface area is 128 Å². The first-order valence-corrected chi connectivity index (χ1v) is 8.98. The van der Waals surface area contributed by atoms with Crippen molar-refractivity contribution in [2.24, 2.45) is 0 Å². The average Bonchev–Trinajstić information content (AvgIpc) is 2.94. The molecule has 2 rings (SSSR count). The highest BCUT2D eigenvalue weighted by Crippen LogP contribution is 2.20. The van der Waals surface area contributed by atoms with E-state index in [0.717, 1.165) is 16.3 Å². The molecule has 2 aromatic heterocycles. The second kappa shape index (κ2) is 6.97. The van der Waals surface area contributed by atoms with Crippen LogP contribution in [-0.2, 0) is 23.0 Å². The van der Waals surface area contributed by atoms with Gasteiger partial charge in [-0.05, 0) is 19.4 Å². The van der Waals surface area contributed by atoms with E-state index in [-0.39, 0.29) is 11.4 Å². The topological polar surface area (TPSA) is 84.0 Å². The number of aryl methyl sites for hydroxylation is 1. The van der Waals surface area contributed by atoms with Crippen molar-refractivity contribution in [1.82, 2.24) is 14.7 Å². The van der Waals surface area contributed by atoms with Gasteiger partial charge in [-0.15, -0.1) is 11.3 Å². The minimum Gasteiger partial charge on any atom is -0.384 e. The lowest BCUT2D eigenvalue weighted by Gasteiger charge is -2.10. The number of anilines is 1. The summed E-state index contributed by atoms with van der Waals surface area (Å²) in [7, 11) is -3.62. The Bertz CT molecular complexity index is 698. The van der Waals surface area contributed by atoms with Crippen LogP contribution in [-0.4, -0.2) is 24.9 Å². The zero-order valence-corrected chi connectivity index (χ0v) is 13.6. The molecule has 0 saturated heterocycles. The Hall–Kier alpha value is -1.51. The largest absolute Gasteiger partial charge is 0.384 e. The van der Waals surface area contributed by atoms with Gasteiger partial charge in [-0.2, -0.15) is 0 Å². The van der Waals surface area contributed by atoms with Gasteiger partial charge >= 0.3 is 0 Å². The van der Waals surface area contributed by atoms with E-state index in [1.807, 2.05) is 13.8 Å². The zero-order valence-electron chi connectivity index (χ0n) is 12.0. The molecule has 2 heterocycles. The fourth-order valence-corrected chi connectivity index (χ4v) is 3.76. The number of nitrogens with one attached hydrogen (secondary N) is 2. The van der Waals surface area contributed by atoms with Gasteiger partial charge in [-0.3, -0.25) is 4.98 Å². The normalized spacial score (nSPS) is 11.5. The quantitative estimate of drug-likeness (QED) is 0.813. The third-order valence-corrected chi connectivity index (χ3v) is 5.37. The molecule has 0 bridgehead atoms. The molecule has 0 spiro atoms. The number of rotatable bonds is 7. The maximum Gasteiger partial charge on any atom is 0.244 e. The molecule has 8 heteroatoms. The fraction of sp³-hybridized carbons (Fsp3) is 0.385. The Kier molecular flexibility index (Phi) is 5.27. The first kappa shape index (κ1) is 15.9. The van der Waals surface area contributed by atoms with Gasteiger partial charge < -0.3 is 5.32 Å². The van der Waals surface area contributed by atoms with E-state index in [4.69, 9.17) is 0 Å². The zero-order chi connectivity index (χ0) is 15.3. The molecule has 0 amide bonds. The molecule has 0 aliphatic rings. The highest BCUT2D eigenvalue weighted by molar-refractivity contribution is 7.89. The van der Waals surface area contributed by atoms with Crippen LogP contribution in [0.5, 0.6) is 0 Å². The fourth-order valence-electron chi connectivity index (χ4n) is 1.76. The predicted octanol–water partition coefficient (Wildman–Crippen LogP) is 2.01. The first-order valence-electron chi connectivity index (χ1n) is 6.68. The summed E-state index contributed by atoms with van der Waals surface area (Å²) in [5, 5.41) is 3.78. The predicted molar refractivity (Wildman–Crippen MR) is 83.9 cm³/mol. The van der Waals surface area contributed by atoms with Crippen LogP contribution in [0.1, 0.15) is 23.7 Å². The van der Waals surface area contributed by atoms with Gasteiger partial charge in [0.1, 0.15) is 9.90 Å². The van der Waals surface area contributed by atoms with Crippen LogP contribution in [0.4, 0.5) is 5.69 Å².